The number of benzene rings is 2. The number of nitrogens with zero attached hydrogens (tertiary/aromatic N) is 1. The average molecular weight is 474 g/mol. The lowest BCUT2D eigenvalue weighted by molar-refractivity contribution is -0.120. The van der Waals surface area contributed by atoms with Crippen molar-refractivity contribution < 1.29 is 23.5 Å². The molecule has 3 rings (SSSR count). The Balaban J connectivity index is 1.77. The van der Waals surface area contributed by atoms with Gasteiger partial charge in [0.1, 0.15) is 11.6 Å². The quantitative estimate of drug-likeness (QED) is 0.548. The van der Waals surface area contributed by atoms with Crippen molar-refractivity contribution in [3.63, 3.8) is 0 Å². The molecule has 34 heavy (non-hydrogen) atoms. The molecule has 0 radical (unpaired) electrons. The molecule has 2 aromatic rings. The van der Waals surface area contributed by atoms with Crippen LogP contribution in [0.4, 0.5) is 14.5 Å². The molecule has 1 aliphatic rings. The second kappa shape index (κ2) is 11.1. The first-order chi connectivity index (χ1) is 16.0. The molecule has 3 atom stereocenters. The molecule has 0 saturated carbocycles. The van der Waals surface area contributed by atoms with Gasteiger partial charge >= 0.3 is 0 Å². The summed E-state index contributed by atoms with van der Waals surface area (Å²) in [6.45, 7) is 7.79. The summed E-state index contributed by atoms with van der Waals surface area (Å²) in [6.07, 6.45) is -0.257. The van der Waals surface area contributed by atoms with Crippen LogP contribution < -0.4 is 15.5 Å². The van der Waals surface area contributed by atoms with Crippen molar-refractivity contribution in [1.82, 2.24) is 10.6 Å². The number of carbonyl (C=O) groups is 2. The summed E-state index contributed by atoms with van der Waals surface area (Å²) < 4.78 is 27.2. The Morgan fingerprint density at radius 2 is 1.79 bits per heavy atom. The van der Waals surface area contributed by atoms with E-state index in [2.05, 4.69) is 30.5 Å². The maximum absolute atomic E-state index is 13.6. The van der Waals surface area contributed by atoms with Crippen LogP contribution in [0.15, 0.2) is 36.4 Å². The molecule has 0 aromatic heterocycles. The van der Waals surface area contributed by atoms with Crippen LogP contribution in [-0.2, 0) is 16.0 Å². The molecule has 0 aliphatic carbocycles. The average Bonchev–Trinajstić information content (AvgIpc) is 2.75. The molecule has 2 aromatic carbocycles. The second-order valence-electron chi connectivity index (χ2n) is 9.25. The van der Waals surface area contributed by atoms with Gasteiger partial charge < -0.3 is 20.6 Å². The van der Waals surface area contributed by atoms with E-state index in [9.17, 15) is 23.5 Å². The molecule has 2 amide bonds. The fourth-order valence-electron chi connectivity index (χ4n) is 4.46. The van der Waals surface area contributed by atoms with Crippen LogP contribution >= 0.6 is 0 Å². The van der Waals surface area contributed by atoms with Crippen molar-refractivity contribution in [3.8, 4) is 0 Å². The SMILES string of the molecule is CC(=O)NC(Cc1cc(F)cc(F)c1)C(O)CNC1CCN(C(C)=O)c2ccc(C(C)C)cc21. The third-order valence-corrected chi connectivity index (χ3v) is 6.21. The number of aliphatic hydroxyl groups excluding tert-OH is 1. The van der Waals surface area contributed by atoms with Crippen LogP contribution in [0.1, 0.15) is 62.8 Å². The molecule has 1 aliphatic heterocycles. The molecule has 1 heterocycles. The highest BCUT2D eigenvalue weighted by Gasteiger charge is 2.29. The largest absolute Gasteiger partial charge is 0.390 e. The van der Waals surface area contributed by atoms with Crippen molar-refractivity contribution in [2.45, 2.75) is 64.6 Å². The van der Waals surface area contributed by atoms with Crippen molar-refractivity contribution in [2.24, 2.45) is 0 Å². The molecule has 8 heteroatoms. The summed E-state index contributed by atoms with van der Waals surface area (Å²) in [5.41, 5.74) is 3.34. The predicted octanol–water partition coefficient (Wildman–Crippen LogP) is 3.58. The first-order valence-electron chi connectivity index (χ1n) is 11.6. The molecule has 3 unspecified atom stereocenters. The van der Waals surface area contributed by atoms with Crippen LogP contribution in [0.3, 0.4) is 0 Å². The Kier molecular flexibility index (Phi) is 8.38. The number of carbonyl (C=O) groups excluding carboxylic acids is 2. The number of rotatable bonds is 8. The van der Waals surface area contributed by atoms with Crippen LogP contribution in [0.2, 0.25) is 0 Å². The molecule has 184 valence electrons. The van der Waals surface area contributed by atoms with E-state index in [1.54, 1.807) is 11.8 Å². The van der Waals surface area contributed by atoms with Gasteiger partial charge in [0.2, 0.25) is 11.8 Å². The minimum absolute atomic E-state index is 0.0231. The summed E-state index contributed by atoms with van der Waals surface area (Å²) in [6, 6.07) is 8.44. The topological polar surface area (TPSA) is 81.7 Å². The maximum atomic E-state index is 13.6. The van der Waals surface area contributed by atoms with Gasteiger partial charge in [-0.3, -0.25) is 9.59 Å². The Morgan fingerprint density at radius 1 is 1.12 bits per heavy atom. The maximum Gasteiger partial charge on any atom is 0.223 e. The molecule has 0 fully saturated rings. The molecule has 0 saturated heterocycles. The van der Waals surface area contributed by atoms with E-state index >= 15 is 0 Å². The van der Waals surface area contributed by atoms with Crippen LogP contribution in [0.5, 0.6) is 0 Å². The highest BCUT2D eigenvalue weighted by atomic mass is 19.1. The van der Waals surface area contributed by atoms with Gasteiger partial charge in [-0.05, 0) is 53.6 Å². The highest BCUT2D eigenvalue weighted by molar-refractivity contribution is 5.93. The Labute approximate surface area is 199 Å². The summed E-state index contributed by atoms with van der Waals surface area (Å²) >= 11 is 0. The summed E-state index contributed by atoms with van der Waals surface area (Å²) in [5.74, 6) is -1.47. The zero-order valence-corrected chi connectivity index (χ0v) is 20.1. The van der Waals surface area contributed by atoms with E-state index in [1.165, 1.54) is 19.1 Å². The van der Waals surface area contributed by atoms with Crippen molar-refractivity contribution in [1.29, 1.82) is 0 Å². The second-order valence-corrected chi connectivity index (χ2v) is 9.25. The number of anilines is 1. The van der Waals surface area contributed by atoms with Crippen LogP contribution in [0, 0.1) is 11.6 Å². The summed E-state index contributed by atoms with van der Waals surface area (Å²) in [4.78, 5) is 25.6. The fourth-order valence-corrected chi connectivity index (χ4v) is 4.46. The molecule has 0 spiro atoms. The van der Waals surface area contributed by atoms with E-state index in [4.69, 9.17) is 0 Å². The zero-order chi connectivity index (χ0) is 25.0. The molecular formula is C26H33F2N3O3. The van der Waals surface area contributed by atoms with Gasteiger partial charge in [0.05, 0.1) is 12.1 Å². The number of halogens is 2. The lowest BCUT2D eigenvalue weighted by Crippen LogP contribution is -2.49. The summed E-state index contributed by atoms with van der Waals surface area (Å²) in [7, 11) is 0. The van der Waals surface area contributed by atoms with Gasteiger partial charge in [-0.2, -0.15) is 0 Å². The molecule has 3 N–H and O–H groups in total. The van der Waals surface area contributed by atoms with Crippen LogP contribution in [0.25, 0.3) is 0 Å². The first-order valence-corrected chi connectivity index (χ1v) is 11.6. The van der Waals surface area contributed by atoms with Gasteiger partial charge in [-0.15, -0.1) is 0 Å². The minimum Gasteiger partial charge on any atom is -0.390 e. The highest BCUT2D eigenvalue weighted by Crippen LogP contribution is 2.36. The molecule has 0 bridgehead atoms. The monoisotopic (exact) mass is 473 g/mol. The zero-order valence-electron chi connectivity index (χ0n) is 20.1. The Hall–Kier alpha value is -2.84. The number of fused-ring (bicyclic) bond motifs is 1. The first kappa shape index (κ1) is 25.8. The van der Waals surface area contributed by atoms with Crippen LogP contribution in [-0.4, -0.2) is 42.2 Å². The smallest absolute Gasteiger partial charge is 0.223 e. The minimum atomic E-state index is -1.00. The van der Waals surface area contributed by atoms with Gasteiger partial charge in [0.25, 0.3) is 0 Å². The van der Waals surface area contributed by atoms with Gasteiger partial charge in [0.15, 0.2) is 0 Å². The molecule has 6 nitrogen and oxygen atoms in total. The third kappa shape index (κ3) is 6.39. The fraction of sp³-hybridized carbons (Fsp3) is 0.462. The number of nitrogens with one attached hydrogen (secondary N) is 2. The normalized spacial score (nSPS) is 17.3. The number of hydrogen-bond acceptors (Lipinski definition) is 4. The standard InChI is InChI=1S/C26H33F2N3O3/c1-15(2)19-5-6-25-22(12-19)23(7-8-31(25)17(4)33)29-14-26(34)24(30-16(3)32)11-18-9-20(27)13-21(28)10-18/h5-6,9-10,12-13,15,23-24,26,29,34H,7-8,11,14H2,1-4H3,(H,30,32). The van der Waals surface area contributed by atoms with Crippen molar-refractivity contribution in [2.75, 3.05) is 18.0 Å². The third-order valence-electron chi connectivity index (χ3n) is 6.21. The number of amides is 2. The van der Waals surface area contributed by atoms with Crippen molar-refractivity contribution >= 4 is 17.5 Å². The van der Waals surface area contributed by atoms with Gasteiger partial charge in [0, 0.05) is 44.7 Å². The van der Waals surface area contributed by atoms with E-state index in [0.717, 1.165) is 22.9 Å². The lowest BCUT2D eigenvalue weighted by Gasteiger charge is -2.36. The Bertz CT molecular complexity index is 1020. The lowest BCUT2D eigenvalue weighted by atomic mass is 9.91. The Morgan fingerprint density at radius 3 is 2.38 bits per heavy atom. The van der Waals surface area contributed by atoms with Gasteiger partial charge in [-0.25, -0.2) is 8.78 Å². The van der Waals surface area contributed by atoms with Crippen molar-refractivity contribution in [3.05, 3.63) is 64.7 Å². The van der Waals surface area contributed by atoms with Gasteiger partial charge in [-0.1, -0.05) is 26.0 Å². The predicted molar refractivity (Wildman–Crippen MR) is 128 cm³/mol. The number of hydrogen-bond donors (Lipinski definition) is 3. The summed E-state index contributed by atoms with van der Waals surface area (Å²) in [5, 5.41) is 17.0. The van der Waals surface area contributed by atoms with E-state index in [-0.39, 0.29) is 30.8 Å². The van der Waals surface area contributed by atoms with E-state index < -0.39 is 23.8 Å². The van der Waals surface area contributed by atoms with E-state index in [1.807, 2.05) is 12.1 Å². The number of aliphatic hydroxyl groups is 1. The molecular weight excluding hydrogens is 440 g/mol. The van der Waals surface area contributed by atoms with E-state index in [0.29, 0.717) is 24.4 Å².